The number of rotatable bonds is 2. The molecule has 4 bridgehead atoms. The summed E-state index contributed by atoms with van der Waals surface area (Å²) in [5.41, 5.74) is 0.548. The lowest BCUT2D eigenvalue weighted by Gasteiger charge is -2.57. The molecule has 4 saturated carbocycles. The zero-order valence-electron chi connectivity index (χ0n) is 12.0. The second-order valence-corrected chi connectivity index (χ2v) is 8.05. The van der Waals surface area contributed by atoms with Crippen LogP contribution in [0.2, 0.25) is 0 Å². The molecule has 4 aliphatic carbocycles. The van der Waals surface area contributed by atoms with Crippen molar-refractivity contribution >= 4 is 5.78 Å². The summed E-state index contributed by atoms with van der Waals surface area (Å²) in [5.74, 6) is 3.53. The van der Waals surface area contributed by atoms with Crippen LogP contribution in [0.5, 0.6) is 0 Å². The van der Waals surface area contributed by atoms with E-state index >= 15 is 0 Å². The van der Waals surface area contributed by atoms with Gasteiger partial charge in [0.2, 0.25) is 0 Å². The van der Waals surface area contributed by atoms with Gasteiger partial charge in [0.1, 0.15) is 5.78 Å². The van der Waals surface area contributed by atoms with Gasteiger partial charge in [0, 0.05) is 6.42 Å². The number of carbonyl (C=O) groups is 1. The van der Waals surface area contributed by atoms with E-state index in [-0.39, 0.29) is 6.04 Å². The van der Waals surface area contributed by atoms with Crippen molar-refractivity contribution in [1.82, 2.24) is 5.32 Å². The number of nitrogens with one attached hydrogen (secondary N) is 1. The predicted octanol–water partition coefficient (Wildman–Crippen LogP) is 3.30. The van der Waals surface area contributed by atoms with Gasteiger partial charge in [-0.25, -0.2) is 0 Å². The van der Waals surface area contributed by atoms with Gasteiger partial charge in [-0.1, -0.05) is 0 Å². The fraction of sp³-hybridized carbons (Fsp3) is 0.941. The summed E-state index contributed by atoms with van der Waals surface area (Å²) >= 11 is 0. The normalized spacial score (nSPS) is 49.4. The molecule has 5 rings (SSSR count). The Hall–Kier alpha value is -0.370. The molecule has 5 aliphatic rings. The van der Waals surface area contributed by atoms with Crippen LogP contribution in [0.25, 0.3) is 0 Å². The van der Waals surface area contributed by atoms with Gasteiger partial charge in [-0.3, -0.25) is 4.79 Å². The molecule has 5 fully saturated rings. The number of Topliss-reactive ketones (excluding diaryl/α,β-unsaturated/α-hetero) is 1. The molecule has 1 unspecified atom stereocenters. The van der Waals surface area contributed by atoms with Crippen LogP contribution in [0, 0.1) is 23.2 Å². The highest BCUT2D eigenvalue weighted by Crippen LogP contribution is 2.61. The van der Waals surface area contributed by atoms with Crippen LogP contribution >= 0.6 is 0 Å². The van der Waals surface area contributed by atoms with Crippen LogP contribution in [-0.4, -0.2) is 18.4 Å². The van der Waals surface area contributed by atoms with Crippen molar-refractivity contribution in [3.05, 3.63) is 0 Å². The summed E-state index contributed by atoms with van der Waals surface area (Å²) in [7, 11) is 0. The van der Waals surface area contributed by atoms with Gasteiger partial charge < -0.3 is 5.32 Å². The lowest BCUT2D eigenvalue weighted by atomic mass is 9.48. The molecule has 0 aromatic rings. The van der Waals surface area contributed by atoms with E-state index in [1.54, 1.807) is 0 Å². The smallest absolute Gasteiger partial charge is 0.149 e. The number of hydrogen-bond donors (Lipinski definition) is 1. The van der Waals surface area contributed by atoms with Crippen LogP contribution < -0.4 is 5.32 Å². The summed E-state index contributed by atoms with van der Waals surface area (Å²) in [6.07, 6.45) is 13.1. The highest BCUT2D eigenvalue weighted by atomic mass is 16.1. The first-order valence-electron chi connectivity index (χ1n) is 8.49. The van der Waals surface area contributed by atoms with Gasteiger partial charge in [-0.2, -0.15) is 0 Å². The lowest BCUT2D eigenvalue weighted by molar-refractivity contribution is -0.123. The van der Waals surface area contributed by atoms with E-state index in [0.717, 1.165) is 43.6 Å². The zero-order chi connectivity index (χ0) is 12.9. The van der Waals surface area contributed by atoms with E-state index in [0.29, 0.717) is 11.2 Å². The molecule has 1 saturated heterocycles. The second-order valence-electron chi connectivity index (χ2n) is 8.05. The highest BCUT2D eigenvalue weighted by molar-refractivity contribution is 5.84. The summed E-state index contributed by atoms with van der Waals surface area (Å²) in [6.45, 7) is 1.06. The minimum atomic E-state index is 0.193. The van der Waals surface area contributed by atoms with E-state index < -0.39 is 0 Å². The topological polar surface area (TPSA) is 29.1 Å². The third-order valence-corrected chi connectivity index (χ3v) is 6.43. The van der Waals surface area contributed by atoms with Gasteiger partial charge >= 0.3 is 0 Å². The summed E-state index contributed by atoms with van der Waals surface area (Å²) in [4.78, 5) is 12.3. The summed E-state index contributed by atoms with van der Waals surface area (Å²) in [6, 6.07) is 0.193. The van der Waals surface area contributed by atoms with E-state index in [1.807, 2.05) is 0 Å². The van der Waals surface area contributed by atoms with Crippen LogP contribution in [0.15, 0.2) is 0 Å². The Morgan fingerprint density at radius 1 is 1.00 bits per heavy atom. The maximum absolute atomic E-state index is 12.3. The molecule has 1 N–H and O–H groups in total. The average molecular weight is 261 g/mol. The average Bonchev–Trinajstić information content (AvgIpc) is 2.53. The SMILES string of the molecule is O=C1CCCCNC1CC12CC3CC(CC(C3)C1)C2. The van der Waals surface area contributed by atoms with E-state index in [9.17, 15) is 4.79 Å². The van der Waals surface area contributed by atoms with Gasteiger partial charge in [0.05, 0.1) is 6.04 Å². The second kappa shape index (κ2) is 4.58. The standard InChI is InChI=1S/C17H27NO/c19-16-3-1-2-4-18-15(16)11-17-8-12-5-13(9-17)7-14(6-12)10-17/h12-15,18H,1-11H2. The van der Waals surface area contributed by atoms with Crippen LogP contribution in [-0.2, 0) is 4.79 Å². The number of hydrogen-bond acceptors (Lipinski definition) is 2. The molecule has 1 heterocycles. The Morgan fingerprint density at radius 2 is 1.63 bits per heavy atom. The molecule has 0 aromatic carbocycles. The molecule has 1 aliphatic heterocycles. The van der Waals surface area contributed by atoms with Crippen molar-refractivity contribution < 1.29 is 4.79 Å². The molecule has 2 nitrogen and oxygen atoms in total. The molecular weight excluding hydrogens is 234 g/mol. The summed E-state index contributed by atoms with van der Waals surface area (Å²) in [5, 5.41) is 3.56. The van der Waals surface area contributed by atoms with Gasteiger partial charge in [0.25, 0.3) is 0 Å². The quantitative estimate of drug-likeness (QED) is 0.826. The number of carbonyl (C=O) groups excluding carboxylic acids is 1. The molecule has 106 valence electrons. The van der Waals surface area contributed by atoms with Gasteiger partial charge in [-0.15, -0.1) is 0 Å². The predicted molar refractivity (Wildman–Crippen MR) is 75.9 cm³/mol. The van der Waals surface area contributed by atoms with Crippen molar-refractivity contribution in [1.29, 1.82) is 0 Å². The maximum Gasteiger partial charge on any atom is 0.149 e. The van der Waals surface area contributed by atoms with Crippen LogP contribution in [0.3, 0.4) is 0 Å². The fourth-order valence-corrected chi connectivity index (χ4v) is 6.15. The van der Waals surface area contributed by atoms with E-state index in [2.05, 4.69) is 5.32 Å². The Bertz CT molecular complexity index is 340. The molecule has 0 radical (unpaired) electrons. The largest absolute Gasteiger partial charge is 0.307 e. The Balaban J connectivity index is 1.50. The van der Waals surface area contributed by atoms with Crippen LogP contribution in [0.1, 0.15) is 64.2 Å². The van der Waals surface area contributed by atoms with E-state index in [1.165, 1.54) is 44.9 Å². The molecule has 19 heavy (non-hydrogen) atoms. The lowest BCUT2D eigenvalue weighted by Crippen LogP contribution is -2.50. The van der Waals surface area contributed by atoms with Crippen molar-refractivity contribution in [3.8, 4) is 0 Å². The Kier molecular flexibility index (Phi) is 2.98. The maximum atomic E-state index is 12.3. The van der Waals surface area contributed by atoms with Crippen molar-refractivity contribution in [2.75, 3.05) is 6.54 Å². The van der Waals surface area contributed by atoms with Crippen LogP contribution in [0.4, 0.5) is 0 Å². The minimum absolute atomic E-state index is 0.193. The Morgan fingerprint density at radius 3 is 2.26 bits per heavy atom. The number of ketones is 1. The van der Waals surface area contributed by atoms with Gasteiger partial charge in [-0.05, 0) is 87.5 Å². The fourth-order valence-electron chi connectivity index (χ4n) is 6.15. The van der Waals surface area contributed by atoms with E-state index in [4.69, 9.17) is 0 Å². The third-order valence-electron chi connectivity index (χ3n) is 6.43. The minimum Gasteiger partial charge on any atom is -0.307 e. The zero-order valence-corrected chi connectivity index (χ0v) is 12.0. The van der Waals surface area contributed by atoms with Crippen molar-refractivity contribution in [2.45, 2.75) is 70.3 Å². The molecule has 0 spiro atoms. The first kappa shape index (κ1) is 12.4. The molecule has 1 atom stereocenters. The van der Waals surface area contributed by atoms with Crippen molar-refractivity contribution in [2.24, 2.45) is 23.2 Å². The Labute approximate surface area is 116 Å². The highest BCUT2D eigenvalue weighted by Gasteiger charge is 2.51. The van der Waals surface area contributed by atoms with Gasteiger partial charge in [0.15, 0.2) is 0 Å². The molecule has 2 heteroatoms. The first-order chi connectivity index (χ1) is 9.22. The molecule has 0 amide bonds. The molecule has 0 aromatic heterocycles. The third kappa shape index (κ3) is 2.26. The molecular formula is C17H27NO. The van der Waals surface area contributed by atoms with Crippen molar-refractivity contribution in [3.63, 3.8) is 0 Å². The monoisotopic (exact) mass is 261 g/mol. The summed E-state index contributed by atoms with van der Waals surface area (Å²) < 4.78 is 0. The first-order valence-corrected chi connectivity index (χ1v) is 8.49.